The zero-order chi connectivity index (χ0) is 15.5. The van der Waals surface area contributed by atoms with Crippen molar-refractivity contribution in [1.29, 1.82) is 5.26 Å². The number of aromatic nitrogens is 3. The third kappa shape index (κ3) is 3.10. The number of thioether (sulfide) groups is 2. The molecule has 0 N–H and O–H groups in total. The molecule has 8 heteroatoms. The second-order valence-electron chi connectivity index (χ2n) is 4.74. The zero-order valence-electron chi connectivity index (χ0n) is 11.3. The number of halogens is 2. The van der Waals surface area contributed by atoms with Crippen LogP contribution in [0.1, 0.15) is 28.8 Å². The lowest BCUT2D eigenvalue weighted by molar-refractivity contribution is 0.151. The van der Waals surface area contributed by atoms with Gasteiger partial charge in [0.25, 0.3) is 6.43 Å². The minimum Gasteiger partial charge on any atom is -0.234 e. The smallest absolute Gasteiger partial charge is 0.234 e. The Balaban J connectivity index is 1.70. The van der Waals surface area contributed by atoms with Crippen LogP contribution < -0.4 is 0 Å². The lowest BCUT2D eigenvalue weighted by Gasteiger charge is -2.16. The van der Waals surface area contributed by atoms with E-state index in [0.717, 1.165) is 11.3 Å². The molecule has 0 bridgehead atoms. The highest BCUT2D eigenvalue weighted by Gasteiger charge is 2.34. The highest BCUT2D eigenvalue weighted by Crippen LogP contribution is 2.50. The molecule has 1 aliphatic heterocycles. The predicted octanol–water partition coefficient (Wildman–Crippen LogP) is 3.83. The van der Waals surface area contributed by atoms with E-state index in [-0.39, 0.29) is 21.4 Å². The Labute approximate surface area is 134 Å². The van der Waals surface area contributed by atoms with Gasteiger partial charge in [-0.25, -0.2) is 18.4 Å². The quantitative estimate of drug-likeness (QED) is 0.848. The first kappa shape index (κ1) is 15.3. The van der Waals surface area contributed by atoms with Gasteiger partial charge in [-0.1, -0.05) is 24.3 Å². The fourth-order valence-electron chi connectivity index (χ4n) is 2.22. The van der Waals surface area contributed by atoms with Crippen molar-refractivity contribution >= 4 is 23.5 Å². The molecule has 3 unspecified atom stereocenters. The van der Waals surface area contributed by atoms with E-state index >= 15 is 0 Å². The monoisotopic (exact) mass is 338 g/mol. The Bertz CT molecular complexity index is 654. The van der Waals surface area contributed by atoms with Crippen LogP contribution >= 0.6 is 23.5 Å². The Morgan fingerprint density at radius 3 is 2.68 bits per heavy atom. The number of hydrogen-bond donors (Lipinski definition) is 0. The van der Waals surface area contributed by atoms with Gasteiger partial charge < -0.3 is 0 Å². The summed E-state index contributed by atoms with van der Waals surface area (Å²) in [6.45, 7) is 0. The van der Waals surface area contributed by atoms with Gasteiger partial charge in [-0.15, -0.1) is 23.5 Å². The molecule has 0 aliphatic carbocycles. The molecule has 1 saturated heterocycles. The molecule has 1 aromatic carbocycles. The average molecular weight is 338 g/mol. The number of hydrogen-bond acceptors (Lipinski definition) is 5. The first-order valence-electron chi connectivity index (χ1n) is 6.58. The second kappa shape index (κ2) is 6.67. The first-order valence-corrected chi connectivity index (χ1v) is 8.57. The van der Waals surface area contributed by atoms with Crippen LogP contribution in [-0.2, 0) is 0 Å². The molecule has 2 aromatic rings. The lowest BCUT2D eigenvalue weighted by Crippen LogP contribution is -2.16. The van der Waals surface area contributed by atoms with E-state index in [0.29, 0.717) is 0 Å². The van der Waals surface area contributed by atoms with Crippen molar-refractivity contribution in [3.05, 3.63) is 48.0 Å². The molecule has 0 amide bonds. The second-order valence-corrected chi connectivity index (χ2v) is 7.57. The van der Waals surface area contributed by atoms with E-state index < -0.39 is 6.43 Å². The molecule has 1 aliphatic rings. The number of nitriles is 1. The maximum atomic E-state index is 12.6. The molecular weight excluding hydrogens is 326 g/mol. The summed E-state index contributed by atoms with van der Waals surface area (Å²) in [5.74, 6) is 0.843. The van der Waals surface area contributed by atoms with E-state index in [2.05, 4.69) is 16.2 Å². The van der Waals surface area contributed by atoms with Gasteiger partial charge in [-0.05, 0) is 5.56 Å². The third-order valence-electron chi connectivity index (χ3n) is 3.38. The van der Waals surface area contributed by atoms with E-state index in [4.69, 9.17) is 0 Å². The van der Waals surface area contributed by atoms with Gasteiger partial charge in [0.15, 0.2) is 6.04 Å². The summed E-state index contributed by atoms with van der Waals surface area (Å²) in [6.07, 6.45) is 0.511. The Morgan fingerprint density at radius 2 is 2.09 bits per heavy atom. The Kier molecular flexibility index (Phi) is 4.64. The van der Waals surface area contributed by atoms with Gasteiger partial charge in [0.1, 0.15) is 12.7 Å². The van der Waals surface area contributed by atoms with Crippen LogP contribution in [0.4, 0.5) is 8.78 Å². The van der Waals surface area contributed by atoms with Crippen molar-refractivity contribution in [2.75, 3.05) is 5.75 Å². The summed E-state index contributed by atoms with van der Waals surface area (Å²) in [5.41, 5.74) is 1.05. The molecule has 1 fully saturated rings. The normalized spacial score (nSPS) is 22.6. The number of nitrogens with zero attached hydrogens (tertiary/aromatic N) is 4. The Hall–Kier alpha value is -1.59. The van der Waals surface area contributed by atoms with Gasteiger partial charge in [-0.2, -0.15) is 10.4 Å². The Morgan fingerprint density at radius 1 is 1.32 bits per heavy atom. The minimum atomic E-state index is -2.44. The van der Waals surface area contributed by atoms with Crippen molar-refractivity contribution in [2.45, 2.75) is 22.3 Å². The molecule has 1 aromatic heterocycles. The molecule has 22 heavy (non-hydrogen) atoms. The molecule has 2 heterocycles. The van der Waals surface area contributed by atoms with Crippen LogP contribution in [0.5, 0.6) is 0 Å². The van der Waals surface area contributed by atoms with Crippen LogP contribution in [0.2, 0.25) is 0 Å². The van der Waals surface area contributed by atoms with Crippen LogP contribution in [-0.4, -0.2) is 25.1 Å². The van der Waals surface area contributed by atoms with Crippen LogP contribution in [0, 0.1) is 11.3 Å². The summed E-state index contributed by atoms with van der Waals surface area (Å²) < 4.78 is 26.8. The number of alkyl halides is 2. The summed E-state index contributed by atoms with van der Waals surface area (Å²) in [6, 6.07) is 8.31. The van der Waals surface area contributed by atoms with Crippen LogP contribution in [0.3, 0.4) is 0 Å². The van der Waals surface area contributed by atoms with Crippen molar-refractivity contribution in [2.24, 2.45) is 0 Å². The average Bonchev–Trinajstić information content (AvgIpc) is 3.20. The topological polar surface area (TPSA) is 54.5 Å². The molecule has 0 spiro atoms. The third-order valence-corrected chi connectivity index (χ3v) is 6.74. The fourth-order valence-corrected chi connectivity index (χ4v) is 5.62. The maximum Gasteiger partial charge on any atom is 0.263 e. The van der Waals surface area contributed by atoms with Gasteiger partial charge >= 0.3 is 0 Å². The van der Waals surface area contributed by atoms with E-state index in [1.54, 1.807) is 46.7 Å². The molecule has 4 nitrogen and oxygen atoms in total. The number of benzene rings is 1. The standard InChI is InChI=1S/C14H12F2N4S2/c15-13(16)10-3-1-9(2-4-10)12-6-21-14(22-12)11(5-17)20-8-18-7-19-20/h1-4,7-8,11-14H,6H2. The molecule has 0 radical (unpaired) electrons. The number of rotatable bonds is 4. The summed E-state index contributed by atoms with van der Waals surface area (Å²) >= 11 is 3.36. The van der Waals surface area contributed by atoms with E-state index in [1.165, 1.54) is 18.5 Å². The predicted molar refractivity (Wildman–Crippen MR) is 82.6 cm³/mol. The van der Waals surface area contributed by atoms with Crippen molar-refractivity contribution < 1.29 is 8.78 Å². The van der Waals surface area contributed by atoms with Crippen molar-refractivity contribution in [1.82, 2.24) is 14.8 Å². The highest BCUT2D eigenvalue weighted by atomic mass is 32.2. The minimum absolute atomic E-state index is 0.0356. The van der Waals surface area contributed by atoms with Gasteiger partial charge in [0, 0.05) is 16.6 Å². The fraction of sp³-hybridized carbons (Fsp3) is 0.357. The van der Waals surface area contributed by atoms with Gasteiger partial charge in [0.2, 0.25) is 0 Å². The zero-order valence-corrected chi connectivity index (χ0v) is 13.0. The molecule has 0 saturated carbocycles. The van der Waals surface area contributed by atoms with Crippen molar-refractivity contribution in [3.63, 3.8) is 0 Å². The first-order chi connectivity index (χ1) is 10.7. The van der Waals surface area contributed by atoms with Crippen LogP contribution in [0.25, 0.3) is 0 Å². The summed E-state index contributed by atoms with van der Waals surface area (Å²) in [5, 5.41) is 13.6. The molecule has 114 valence electrons. The molecular formula is C14H12F2N4S2. The van der Waals surface area contributed by atoms with E-state index in [1.807, 2.05) is 0 Å². The lowest BCUT2D eigenvalue weighted by atomic mass is 10.1. The summed E-state index contributed by atoms with van der Waals surface area (Å²) in [4.78, 5) is 3.88. The highest BCUT2D eigenvalue weighted by molar-refractivity contribution is 8.20. The van der Waals surface area contributed by atoms with Gasteiger partial charge in [0.05, 0.1) is 10.7 Å². The molecule has 3 rings (SSSR count). The van der Waals surface area contributed by atoms with E-state index in [9.17, 15) is 14.0 Å². The largest absolute Gasteiger partial charge is 0.263 e. The SMILES string of the molecule is N#CC(C1SCC(c2ccc(C(F)F)cc2)S1)n1cncn1. The van der Waals surface area contributed by atoms with Gasteiger partial charge in [-0.3, -0.25) is 0 Å². The van der Waals surface area contributed by atoms with Crippen LogP contribution in [0.15, 0.2) is 36.9 Å². The maximum absolute atomic E-state index is 12.6. The summed E-state index contributed by atoms with van der Waals surface area (Å²) in [7, 11) is 0. The molecule has 3 atom stereocenters. The van der Waals surface area contributed by atoms with Crippen molar-refractivity contribution in [3.8, 4) is 6.07 Å².